The number of ether oxygens (including phenoxy) is 3. The molecule has 0 fully saturated rings. The van der Waals surface area contributed by atoms with Crippen molar-refractivity contribution >= 4 is 39.1 Å². The third kappa shape index (κ3) is 4.77. The molecule has 0 saturated heterocycles. The molecule has 0 aliphatic rings. The molecular weight excluding hydrogens is 386 g/mol. The summed E-state index contributed by atoms with van der Waals surface area (Å²) in [5, 5.41) is 3.07. The first-order chi connectivity index (χ1) is 11.0. The minimum atomic E-state index is -0.326. The van der Waals surface area contributed by atoms with Gasteiger partial charge in [0.15, 0.2) is 6.61 Å². The number of carbonyl (C=O) groups excluding carboxylic acids is 1. The van der Waals surface area contributed by atoms with Crippen molar-refractivity contribution in [3.05, 3.63) is 45.9 Å². The summed E-state index contributed by atoms with van der Waals surface area (Å²) in [4.78, 5) is 12.0. The zero-order valence-electron chi connectivity index (χ0n) is 12.6. The fourth-order valence-electron chi connectivity index (χ4n) is 1.82. The first kappa shape index (κ1) is 17.4. The minimum Gasteiger partial charge on any atom is -0.495 e. The average Bonchev–Trinajstić information content (AvgIpc) is 2.54. The van der Waals surface area contributed by atoms with Gasteiger partial charge in [0.25, 0.3) is 5.91 Å². The Balaban J connectivity index is 2.02. The summed E-state index contributed by atoms with van der Waals surface area (Å²) in [5.41, 5.74) is 0.447. The molecule has 0 unspecified atom stereocenters. The lowest BCUT2D eigenvalue weighted by Crippen LogP contribution is -2.20. The molecule has 0 bridgehead atoms. The summed E-state index contributed by atoms with van der Waals surface area (Å²) in [6.07, 6.45) is 0. The predicted octanol–water partition coefficient (Wildman–Crippen LogP) is 4.14. The van der Waals surface area contributed by atoms with Gasteiger partial charge in [-0.05, 0) is 30.3 Å². The lowest BCUT2D eigenvalue weighted by atomic mass is 10.2. The van der Waals surface area contributed by atoms with Crippen LogP contribution in [-0.4, -0.2) is 26.7 Å². The summed E-state index contributed by atoms with van der Waals surface area (Å²) in [7, 11) is 3.00. The standard InChI is InChI=1S/C16H15BrClNO4/c1-21-14-8-15(22-2)13(7-12(14)18)19-16(20)9-23-11-5-3-10(17)4-6-11/h3-8H,9H2,1-2H3,(H,19,20). The number of anilines is 1. The van der Waals surface area contributed by atoms with E-state index in [-0.39, 0.29) is 12.5 Å². The van der Waals surface area contributed by atoms with Crippen molar-refractivity contribution in [2.24, 2.45) is 0 Å². The van der Waals surface area contributed by atoms with Crippen LogP contribution in [0.25, 0.3) is 0 Å². The maximum atomic E-state index is 12.0. The summed E-state index contributed by atoms with van der Waals surface area (Å²) < 4.78 is 16.7. The van der Waals surface area contributed by atoms with Crippen LogP contribution in [0.15, 0.2) is 40.9 Å². The Labute approximate surface area is 147 Å². The highest BCUT2D eigenvalue weighted by atomic mass is 79.9. The molecule has 122 valence electrons. The van der Waals surface area contributed by atoms with Crippen molar-refractivity contribution in [1.29, 1.82) is 0 Å². The quantitative estimate of drug-likeness (QED) is 0.792. The smallest absolute Gasteiger partial charge is 0.262 e. The molecule has 1 N–H and O–H groups in total. The second-order valence-corrected chi connectivity index (χ2v) is 5.80. The first-order valence-electron chi connectivity index (χ1n) is 6.63. The maximum Gasteiger partial charge on any atom is 0.262 e. The SMILES string of the molecule is COc1cc(OC)c(NC(=O)COc2ccc(Br)cc2)cc1Cl. The van der Waals surface area contributed by atoms with Crippen LogP contribution in [0.3, 0.4) is 0 Å². The van der Waals surface area contributed by atoms with Crippen LogP contribution in [0.4, 0.5) is 5.69 Å². The van der Waals surface area contributed by atoms with Crippen LogP contribution >= 0.6 is 27.5 Å². The van der Waals surface area contributed by atoms with Gasteiger partial charge < -0.3 is 19.5 Å². The van der Waals surface area contributed by atoms with Gasteiger partial charge in [0.2, 0.25) is 0 Å². The van der Waals surface area contributed by atoms with Crippen LogP contribution in [0.2, 0.25) is 5.02 Å². The molecule has 2 rings (SSSR count). The largest absolute Gasteiger partial charge is 0.495 e. The Hall–Kier alpha value is -1.92. The number of amides is 1. The molecular formula is C16H15BrClNO4. The molecule has 2 aromatic rings. The summed E-state index contributed by atoms with van der Waals surface area (Å²) in [5.74, 6) is 1.19. The second kappa shape index (κ2) is 8.08. The highest BCUT2D eigenvalue weighted by Gasteiger charge is 2.13. The van der Waals surface area contributed by atoms with Crippen molar-refractivity contribution in [1.82, 2.24) is 0 Å². The van der Waals surface area contributed by atoms with E-state index >= 15 is 0 Å². The fraction of sp³-hybridized carbons (Fsp3) is 0.188. The van der Waals surface area contributed by atoms with Gasteiger partial charge in [-0.1, -0.05) is 27.5 Å². The number of rotatable bonds is 6. The topological polar surface area (TPSA) is 56.8 Å². The molecule has 0 aromatic heterocycles. The van der Waals surface area contributed by atoms with Gasteiger partial charge in [-0.15, -0.1) is 0 Å². The molecule has 1 amide bonds. The maximum absolute atomic E-state index is 12.0. The average molecular weight is 401 g/mol. The third-order valence-electron chi connectivity index (χ3n) is 2.93. The summed E-state index contributed by atoms with van der Waals surface area (Å²) >= 11 is 9.39. The van der Waals surface area contributed by atoms with Crippen LogP contribution < -0.4 is 19.5 Å². The van der Waals surface area contributed by atoms with Crippen LogP contribution in [0.5, 0.6) is 17.2 Å². The third-order valence-corrected chi connectivity index (χ3v) is 3.76. The molecule has 0 saturated carbocycles. The first-order valence-corrected chi connectivity index (χ1v) is 7.80. The Kier molecular flexibility index (Phi) is 6.12. The normalized spacial score (nSPS) is 10.1. The second-order valence-electron chi connectivity index (χ2n) is 4.48. The Morgan fingerprint density at radius 3 is 2.39 bits per heavy atom. The molecule has 0 radical (unpaired) electrons. The molecule has 2 aromatic carbocycles. The zero-order chi connectivity index (χ0) is 16.8. The van der Waals surface area contributed by atoms with Crippen molar-refractivity contribution in [2.75, 3.05) is 26.1 Å². The lowest BCUT2D eigenvalue weighted by molar-refractivity contribution is -0.118. The van der Waals surface area contributed by atoms with E-state index in [4.69, 9.17) is 25.8 Å². The number of halogens is 2. The number of hydrogen-bond donors (Lipinski definition) is 1. The molecule has 0 heterocycles. The number of carbonyl (C=O) groups is 1. The van der Waals surface area contributed by atoms with Gasteiger partial charge in [0.1, 0.15) is 17.2 Å². The number of benzene rings is 2. The van der Waals surface area contributed by atoms with E-state index in [1.54, 1.807) is 24.3 Å². The lowest BCUT2D eigenvalue weighted by Gasteiger charge is -2.13. The van der Waals surface area contributed by atoms with Gasteiger partial charge in [-0.2, -0.15) is 0 Å². The van der Waals surface area contributed by atoms with Gasteiger partial charge in [-0.3, -0.25) is 4.79 Å². The highest BCUT2D eigenvalue weighted by Crippen LogP contribution is 2.35. The van der Waals surface area contributed by atoms with E-state index in [9.17, 15) is 4.79 Å². The molecule has 0 atom stereocenters. The molecule has 0 spiro atoms. The number of hydrogen-bond acceptors (Lipinski definition) is 4. The summed E-state index contributed by atoms with van der Waals surface area (Å²) in [6, 6.07) is 10.4. The Bertz CT molecular complexity index is 691. The summed E-state index contributed by atoms with van der Waals surface area (Å²) in [6.45, 7) is -0.131. The van der Waals surface area contributed by atoms with Crippen molar-refractivity contribution < 1.29 is 19.0 Å². The van der Waals surface area contributed by atoms with Crippen LogP contribution in [-0.2, 0) is 4.79 Å². The minimum absolute atomic E-state index is 0.131. The van der Waals surface area contributed by atoms with Crippen LogP contribution in [0, 0.1) is 0 Å². The molecule has 23 heavy (non-hydrogen) atoms. The van der Waals surface area contributed by atoms with Gasteiger partial charge in [0.05, 0.1) is 24.9 Å². The molecule has 0 aliphatic heterocycles. The van der Waals surface area contributed by atoms with Crippen molar-refractivity contribution in [2.45, 2.75) is 0 Å². The van der Waals surface area contributed by atoms with E-state index < -0.39 is 0 Å². The van der Waals surface area contributed by atoms with Gasteiger partial charge in [-0.25, -0.2) is 0 Å². The Morgan fingerprint density at radius 1 is 1.13 bits per heavy atom. The Morgan fingerprint density at radius 2 is 1.78 bits per heavy atom. The van der Waals surface area contributed by atoms with Gasteiger partial charge in [0, 0.05) is 10.5 Å². The predicted molar refractivity (Wildman–Crippen MR) is 92.8 cm³/mol. The van der Waals surface area contributed by atoms with Crippen molar-refractivity contribution in [3.8, 4) is 17.2 Å². The van der Waals surface area contributed by atoms with Gasteiger partial charge >= 0.3 is 0 Å². The molecule has 0 aliphatic carbocycles. The zero-order valence-corrected chi connectivity index (χ0v) is 14.9. The van der Waals surface area contributed by atoms with Crippen molar-refractivity contribution in [3.63, 3.8) is 0 Å². The monoisotopic (exact) mass is 399 g/mol. The number of nitrogens with one attached hydrogen (secondary N) is 1. The molecule has 5 nitrogen and oxygen atoms in total. The fourth-order valence-corrected chi connectivity index (χ4v) is 2.33. The van der Waals surface area contributed by atoms with E-state index in [1.807, 2.05) is 12.1 Å². The highest BCUT2D eigenvalue weighted by molar-refractivity contribution is 9.10. The van der Waals surface area contributed by atoms with Crippen LogP contribution in [0.1, 0.15) is 0 Å². The molecule has 7 heteroatoms. The van der Waals surface area contributed by atoms with E-state index in [0.717, 1.165) is 4.47 Å². The number of methoxy groups -OCH3 is 2. The van der Waals surface area contributed by atoms with E-state index in [1.165, 1.54) is 14.2 Å². The van der Waals surface area contributed by atoms with E-state index in [0.29, 0.717) is 28.0 Å². The van der Waals surface area contributed by atoms with E-state index in [2.05, 4.69) is 21.2 Å².